The fourth-order valence-electron chi connectivity index (χ4n) is 2.11. The molecule has 0 aliphatic heterocycles. The van der Waals surface area contributed by atoms with Crippen molar-refractivity contribution in [1.29, 1.82) is 0 Å². The molecule has 7 heteroatoms. The molecule has 3 aromatic rings. The minimum Gasteiger partial charge on any atom is -0.364 e. The van der Waals surface area contributed by atoms with Crippen LogP contribution < -0.4 is 11.1 Å². The van der Waals surface area contributed by atoms with E-state index >= 15 is 0 Å². The molecule has 0 radical (unpaired) electrons. The Balaban J connectivity index is 1.80. The second-order valence-corrected chi connectivity index (χ2v) is 4.74. The predicted octanol–water partition coefficient (Wildman–Crippen LogP) is 1.82. The van der Waals surface area contributed by atoms with Gasteiger partial charge < -0.3 is 16.0 Å². The van der Waals surface area contributed by atoms with Crippen LogP contribution in [0.25, 0.3) is 11.3 Å². The molecule has 0 fully saturated rings. The number of imidazole rings is 1. The SMILES string of the molecule is NC(=O)c1[nH]cnc1-c1ccc(C(=O)Nc2ccccn2)cc1. The monoisotopic (exact) mass is 307 g/mol. The molecule has 7 nitrogen and oxygen atoms in total. The molecule has 0 saturated heterocycles. The van der Waals surface area contributed by atoms with E-state index < -0.39 is 5.91 Å². The van der Waals surface area contributed by atoms with E-state index in [2.05, 4.69) is 20.3 Å². The number of hydrogen-bond acceptors (Lipinski definition) is 4. The summed E-state index contributed by atoms with van der Waals surface area (Å²) in [6.45, 7) is 0. The molecule has 0 saturated carbocycles. The number of benzene rings is 1. The van der Waals surface area contributed by atoms with Gasteiger partial charge in [-0.05, 0) is 24.3 Å². The van der Waals surface area contributed by atoms with Crippen molar-refractivity contribution in [2.75, 3.05) is 5.32 Å². The number of rotatable bonds is 4. The van der Waals surface area contributed by atoms with Crippen molar-refractivity contribution in [3.8, 4) is 11.3 Å². The average Bonchev–Trinajstić information content (AvgIpc) is 3.06. The number of hydrogen-bond donors (Lipinski definition) is 3. The second kappa shape index (κ2) is 6.10. The molecule has 4 N–H and O–H groups in total. The van der Waals surface area contributed by atoms with Crippen LogP contribution in [0.1, 0.15) is 20.8 Å². The third-order valence-corrected chi connectivity index (χ3v) is 3.21. The van der Waals surface area contributed by atoms with Crippen LogP contribution in [0.3, 0.4) is 0 Å². The number of aromatic amines is 1. The molecule has 0 spiro atoms. The number of carbonyl (C=O) groups excluding carboxylic acids is 2. The number of aromatic nitrogens is 3. The van der Waals surface area contributed by atoms with Gasteiger partial charge in [0.05, 0.1) is 6.33 Å². The van der Waals surface area contributed by atoms with Gasteiger partial charge in [-0.2, -0.15) is 0 Å². The summed E-state index contributed by atoms with van der Waals surface area (Å²) in [4.78, 5) is 34.3. The van der Waals surface area contributed by atoms with Gasteiger partial charge in [0.1, 0.15) is 17.2 Å². The van der Waals surface area contributed by atoms with Gasteiger partial charge in [-0.1, -0.05) is 18.2 Å². The number of pyridine rings is 1. The Kier molecular flexibility index (Phi) is 3.84. The van der Waals surface area contributed by atoms with Crippen LogP contribution in [0.5, 0.6) is 0 Å². The van der Waals surface area contributed by atoms with Crippen LogP contribution in [-0.2, 0) is 0 Å². The fourth-order valence-corrected chi connectivity index (χ4v) is 2.11. The van der Waals surface area contributed by atoms with Crippen molar-refractivity contribution in [3.05, 3.63) is 66.2 Å². The summed E-state index contributed by atoms with van der Waals surface area (Å²) in [6.07, 6.45) is 3.00. The highest BCUT2D eigenvalue weighted by molar-refractivity contribution is 6.04. The number of anilines is 1. The number of nitrogens with one attached hydrogen (secondary N) is 2. The topological polar surface area (TPSA) is 114 Å². The molecule has 23 heavy (non-hydrogen) atoms. The van der Waals surface area contributed by atoms with E-state index in [0.717, 1.165) is 0 Å². The van der Waals surface area contributed by atoms with Crippen molar-refractivity contribution in [3.63, 3.8) is 0 Å². The quantitative estimate of drug-likeness (QED) is 0.682. The van der Waals surface area contributed by atoms with Crippen LogP contribution >= 0.6 is 0 Å². The van der Waals surface area contributed by atoms with Gasteiger partial charge in [-0.25, -0.2) is 9.97 Å². The maximum Gasteiger partial charge on any atom is 0.267 e. The van der Waals surface area contributed by atoms with Crippen LogP contribution in [-0.4, -0.2) is 26.8 Å². The Morgan fingerprint density at radius 3 is 2.48 bits per heavy atom. The van der Waals surface area contributed by atoms with Crippen LogP contribution in [0.2, 0.25) is 0 Å². The maximum atomic E-state index is 12.1. The molecule has 114 valence electrons. The van der Waals surface area contributed by atoms with Gasteiger partial charge in [0, 0.05) is 17.3 Å². The predicted molar refractivity (Wildman–Crippen MR) is 84.7 cm³/mol. The Hall–Kier alpha value is -3.48. The van der Waals surface area contributed by atoms with Crippen molar-refractivity contribution < 1.29 is 9.59 Å². The number of amides is 2. The molecule has 2 amide bonds. The summed E-state index contributed by atoms with van der Waals surface area (Å²) < 4.78 is 0. The molecule has 2 aromatic heterocycles. The standard InChI is InChI=1S/C16H13N5O2/c17-15(22)14-13(19-9-20-14)10-4-6-11(7-5-10)16(23)21-12-3-1-2-8-18-12/h1-9H,(H2,17,22)(H,19,20)(H,18,21,23). The second-order valence-electron chi connectivity index (χ2n) is 4.74. The lowest BCUT2D eigenvalue weighted by molar-refractivity contribution is 0.0994. The number of nitrogens with zero attached hydrogens (tertiary/aromatic N) is 2. The molecule has 2 heterocycles. The lowest BCUT2D eigenvalue weighted by atomic mass is 10.1. The molecular formula is C16H13N5O2. The van der Waals surface area contributed by atoms with Gasteiger partial charge in [-0.3, -0.25) is 9.59 Å². The summed E-state index contributed by atoms with van der Waals surface area (Å²) in [6, 6.07) is 12.0. The first-order chi connectivity index (χ1) is 11.1. The normalized spacial score (nSPS) is 10.3. The summed E-state index contributed by atoms with van der Waals surface area (Å²) >= 11 is 0. The zero-order chi connectivity index (χ0) is 16.2. The highest BCUT2D eigenvalue weighted by Crippen LogP contribution is 2.20. The van der Waals surface area contributed by atoms with E-state index in [9.17, 15) is 9.59 Å². The first-order valence-electron chi connectivity index (χ1n) is 6.81. The molecule has 3 rings (SSSR count). The van der Waals surface area contributed by atoms with E-state index in [1.165, 1.54) is 6.33 Å². The molecule has 0 unspecified atom stereocenters. The Labute approximate surface area is 131 Å². The highest BCUT2D eigenvalue weighted by atomic mass is 16.2. The van der Waals surface area contributed by atoms with E-state index in [-0.39, 0.29) is 11.6 Å². The van der Waals surface area contributed by atoms with Gasteiger partial charge in [0.15, 0.2) is 0 Å². The zero-order valence-corrected chi connectivity index (χ0v) is 12.0. The van der Waals surface area contributed by atoms with Gasteiger partial charge in [-0.15, -0.1) is 0 Å². The number of carbonyl (C=O) groups is 2. The van der Waals surface area contributed by atoms with Crippen molar-refractivity contribution >= 4 is 17.6 Å². The zero-order valence-electron chi connectivity index (χ0n) is 12.0. The largest absolute Gasteiger partial charge is 0.364 e. The number of nitrogens with two attached hydrogens (primary N) is 1. The molecule has 0 aliphatic rings. The van der Waals surface area contributed by atoms with Gasteiger partial charge >= 0.3 is 0 Å². The Morgan fingerprint density at radius 1 is 1.04 bits per heavy atom. The first kappa shape index (κ1) is 14.5. The van der Waals surface area contributed by atoms with Crippen molar-refractivity contribution in [2.24, 2.45) is 5.73 Å². The number of primary amides is 1. The minimum absolute atomic E-state index is 0.232. The third-order valence-electron chi connectivity index (χ3n) is 3.21. The van der Waals surface area contributed by atoms with E-state index in [0.29, 0.717) is 22.6 Å². The number of H-pyrrole nitrogens is 1. The maximum absolute atomic E-state index is 12.1. The lowest BCUT2D eigenvalue weighted by Crippen LogP contribution is -2.13. The van der Waals surface area contributed by atoms with E-state index in [1.54, 1.807) is 48.7 Å². The molecule has 0 bridgehead atoms. The average molecular weight is 307 g/mol. The molecule has 0 aliphatic carbocycles. The summed E-state index contributed by atoms with van der Waals surface area (Å²) in [7, 11) is 0. The van der Waals surface area contributed by atoms with Crippen LogP contribution in [0.4, 0.5) is 5.82 Å². The Bertz CT molecular complexity index is 840. The van der Waals surface area contributed by atoms with Crippen molar-refractivity contribution in [1.82, 2.24) is 15.0 Å². The van der Waals surface area contributed by atoms with Gasteiger partial charge in [0.25, 0.3) is 11.8 Å². The van der Waals surface area contributed by atoms with Crippen LogP contribution in [0, 0.1) is 0 Å². The summed E-state index contributed by atoms with van der Waals surface area (Å²) in [5.41, 5.74) is 7.12. The van der Waals surface area contributed by atoms with Gasteiger partial charge in [0.2, 0.25) is 0 Å². The fraction of sp³-hybridized carbons (Fsp3) is 0. The van der Waals surface area contributed by atoms with Crippen LogP contribution in [0.15, 0.2) is 55.0 Å². The lowest BCUT2D eigenvalue weighted by Gasteiger charge is -2.05. The highest BCUT2D eigenvalue weighted by Gasteiger charge is 2.13. The minimum atomic E-state index is -0.588. The van der Waals surface area contributed by atoms with E-state index in [1.807, 2.05) is 0 Å². The van der Waals surface area contributed by atoms with E-state index in [4.69, 9.17) is 5.73 Å². The smallest absolute Gasteiger partial charge is 0.267 e. The summed E-state index contributed by atoms with van der Waals surface area (Å²) in [5, 5.41) is 2.70. The summed E-state index contributed by atoms with van der Waals surface area (Å²) in [5.74, 6) is -0.383. The molecule has 1 aromatic carbocycles. The van der Waals surface area contributed by atoms with Crippen molar-refractivity contribution in [2.45, 2.75) is 0 Å². The molecule has 0 atom stereocenters. The first-order valence-corrected chi connectivity index (χ1v) is 6.81. The Morgan fingerprint density at radius 2 is 1.83 bits per heavy atom. The molecular weight excluding hydrogens is 294 g/mol. The third kappa shape index (κ3) is 3.08.